The summed E-state index contributed by atoms with van der Waals surface area (Å²) in [5, 5.41) is 0. The molecular formula is C79H86BN3. The molecule has 8 aromatic carbocycles. The van der Waals surface area contributed by atoms with Crippen LogP contribution in [0.25, 0.3) is 22.3 Å². The third kappa shape index (κ3) is 7.35. The maximum atomic E-state index is 2.92. The summed E-state index contributed by atoms with van der Waals surface area (Å²) < 4.78 is 0. The Bertz CT molecular complexity index is 3990. The molecule has 1 saturated carbocycles. The van der Waals surface area contributed by atoms with E-state index in [1.807, 2.05) is 0 Å². The standard InChI is InChI=1S/C79H86BN3/c1-72(2,3)51-43-64-71-66(44-51)80-65-34-30-55(81(52-28-32-59-62(46-52)75(8,9)39-37-73(59,4)5)53-29-33-60-63(47-53)76(10,11)40-38-74(60,6)7)48-67(65)82(54-27-31-57-56-25-19-20-26-58(56)77(12,13)61(57)45-54)68-41-50(49-23-17-16-18-24-49)42-69(70(68)80)83(71)79(15)36-22-21-35-78(64,79)14/h16-20,23-34,41-48H,21-22,35-40H2,1-15H3. The highest BCUT2D eigenvalue weighted by molar-refractivity contribution is 7.00. The van der Waals surface area contributed by atoms with Crippen LogP contribution in [-0.2, 0) is 37.9 Å². The molecule has 0 bridgehead atoms. The predicted octanol–water partition coefficient (Wildman–Crippen LogP) is 19.5. The third-order valence-electron chi connectivity index (χ3n) is 23.3. The summed E-state index contributed by atoms with van der Waals surface area (Å²) in [5.41, 5.74) is 31.4. The molecule has 4 aliphatic carbocycles. The molecule has 0 amide bonds. The van der Waals surface area contributed by atoms with Crippen molar-refractivity contribution in [3.05, 3.63) is 196 Å². The Morgan fingerprint density at radius 2 is 0.988 bits per heavy atom. The van der Waals surface area contributed by atoms with Crippen molar-refractivity contribution in [1.82, 2.24) is 0 Å². The fourth-order valence-corrected chi connectivity index (χ4v) is 17.7. The molecule has 8 aromatic rings. The molecular weight excluding hydrogens is 1000 g/mol. The van der Waals surface area contributed by atoms with E-state index in [1.54, 1.807) is 5.56 Å². The molecule has 0 aromatic heterocycles. The van der Waals surface area contributed by atoms with Gasteiger partial charge in [-0.2, -0.15) is 0 Å². The molecule has 2 atom stereocenters. The number of anilines is 8. The number of benzene rings is 8. The highest BCUT2D eigenvalue weighted by atomic mass is 15.3. The van der Waals surface area contributed by atoms with E-state index in [9.17, 15) is 0 Å². The number of hydrogen-bond donors (Lipinski definition) is 0. The second-order valence-corrected chi connectivity index (χ2v) is 31.4. The smallest absolute Gasteiger partial charge is 0.252 e. The Morgan fingerprint density at radius 3 is 1.64 bits per heavy atom. The first-order valence-corrected chi connectivity index (χ1v) is 31.7. The lowest BCUT2D eigenvalue weighted by Gasteiger charge is -2.53. The molecule has 83 heavy (non-hydrogen) atoms. The lowest BCUT2D eigenvalue weighted by atomic mass is 9.33. The predicted molar refractivity (Wildman–Crippen MR) is 356 cm³/mol. The molecule has 0 spiro atoms. The van der Waals surface area contributed by atoms with Crippen molar-refractivity contribution in [2.75, 3.05) is 14.7 Å². The van der Waals surface area contributed by atoms with Crippen molar-refractivity contribution >= 4 is 68.6 Å². The molecule has 0 saturated heterocycles. The van der Waals surface area contributed by atoms with Gasteiger partial charge in [-0.05, 0) is 216 Å². The molecule has 7 aliphatic rings. The fraction of sp³-hybridized carbons (Fsp3) is 0.392. The number of rotatable bonds is 5. The minimum Gasteiger partial charge on any atom is -0.335 e. The number of hydrogen-bond acceptors (Lipinski definition) is 3. The quantitative estimate of drug-likeness (QED) is 0.159. The van der Waals surface area contributed by atoms with Crippen LogP contribution in [0.4, 0.5) is 45.5 Å². The van der Waals surface area contributed by atoms with Gasteiger partial charge in [0, 0.05) is 56.3 Å². The fourth-order valence-electron chi connectivity index (χ4n) is 17.7. The van der Waals surface area contributed by atoms with Gasteiger partial charge in [-0.25, -0.2) is 0 Å². The molecule has 15 rings (SSSR count). The van der Waals surface area contributed by atoms with Crippen LogP contribution in [0, 0.1) is 0 Å². The van der Waals surface area contributed by atoms with Gasteiger partial charge in [0.1, 0.15) is 0 Å². The van der Waals surface area contributed by atoms with Crippen molar-refractivity contribution in [3.63, 3.8) is 0 Å². The second-order valence-electron chi connectivity index (χ2n) is 31.4. The largest absolute Gasteiger partial charge is 0.335 e. The average molecular weight is 1090 g/mol. The van der Waals surface area contributed by atoms with E-state index >= 15 is 0 Å². The van der Waals surface area contributed by atoms with Crippen molar-refractivity contribution < 1.29 is 0 Å². The Labute approximate surface area is 497 Å². The van der Waals surface area contributed by atoms with E-state index < -0.39 is 0 Å². The summed E-state index contributed by atoms with van der Waals surface area (Å²) in [7, 11) is 0. The van der Waals surface area contributed by atoms with Crippen molar-refractivity contribution in [3.8, 4) is 22.3 Å². The Hall–Kier alpha value is -6.78. The molecule has 0 N–H and O–H groups in total. The zero-order chi connectivity index (χ0) is 57.9. The monoisotopic (exact) mass is 1090 g/mol. The minimum atomic E-state index is -0.176. The summed E-state index contributed by atoms with van der Waals surface area (Å²) in [5.74, 6) is 0. The first-order valence-electron chi connectivity index (χ1n) is 31.7. The van der Waals surface area contributed by atoms with Crippen LogP contribution in [-0.4, -0.2) is 12.3 Å². The minimum absolute atomic E-state index is 0.00639. The zero-order valence-electron chi connectivity index (χ0n) is 52.5. The lowest BCUT2D eigenvalue weighted by molar-refractivity contribution is 0.195. The normalized spacial score (nSPS) is 22.8. The van der Waals surface area contributed by atoms with E-state index in [-0.39, 0.29) is 50.2 Å². The van der Waals surface area contributed by atoms with Crippen molar-refractivity contribution in [2.24, 2.45) is 0 Å². The highest BCUT2D eigenvalue weighted by Crippen LogP contribution is 2.63. The average Bonchev–Trinajstić information content (AvgIpc) is 1.59. The van der Waals surface area contributed by atoms with E-state index in [2.05, 4.69) is 270 Å². The van der Waals surface area contributed by atoms with E-state index in [0.29, 0.717) is 0 Å². The van der Waals surface area contributed by atoms with Crippen LogP contribution in [0.3, 0.4) is 0 Å². The molecule has 420 valence electrons. The molecule has 1 fully saturated rings. The topological polar surface area (TPSA) is 9.72 Å². The Balaban J connectivity index is 1.05. The summed E-state index contributed by atoms with van der Waals surface area (Å²) in [6.07, 6.45) is 9.55. The van der Waals surface area contributed by atoms with Crippen LogP contribution in [0.5, 0.6) is 0 Å². The van der Waals surface area contributed by atoms with Crippen LogP contribution in [0.2, 0.25) is 0 Å². The third-order valence-corrected chi connectivity index (χ3v) is 23.3. The SMILES string of the molecule is CC(C)(C)c1cc2c3c(c1)C1(C)CCCCC1(C)N3c1cc(-c3ccccc3)cc3c1B2c1ccc(N(c2ccc4c(c2)C(C)(C)CCC4(C)C)c2ccc4c(c2)C(C)(C)CCC4(C)C)cc1N3c1ccc2c(c1)C(C)(C)c1ccccc1-2. The Morgan fingerprint density at radius 1 is 0.422 bits per heavy atom. The first-order chi connectivity index (χ1) is 39.2. The van der Waals surface area contributed by atoms with Gasteiger partial charge in [0.25, 0.3) is 6.71 Å². The Kier molecular flexibility index (Phi) is 11.0. The molecule has 0 radical (unpaired) electrons. The van der Waals surface area contributed by atoms with Crippen LogP contribution in [0.15, 0.2) is 152 Å². The van der Waals surface area contributed by atoms with Gasteiger partial charge in [0.15, 0.2) is 0 Å². The molecule has 3 nitrogen and oxygen atoms in total. The summed E-state index contributed by atoms with van der Waals surface area (Å²) in [4.78, 5) is 8.29. The zero-order valence-corrected chi connectivity index (χ0v) is 52.5. The number of fused-ring (bicyclic) bond motifs is 12. The van der Waals surface area contributed by atoms with Gasteiger partial charge in [-0.1, -0.05) is 201 Å². The van der Waals surface area contributed by atoms with Crippen molar-refractivity contribution in [1.29, 1.82) is 0 Å². The molecule has 4 heteroatoms. The van der Waals surface area contributed by atoms with Crippen LogP contribution >= 0.6 is 0 Å². The van der Waals surface area contributed by atoms with Gasteiger partial charge in [0.2, 0.25) is 0 Å². The summed E-state index contributed by atoms with van der Waals surface area (Å²) in [6.45, 7) is 37.2. The maximum absolute atomic E-state index is 2.92. The molecule has 3 heterocycles. The first kappa shape index (κ1) is 53.0. The maximum Gasteiger partial charge on any atom is 0.252 e. The molecule has 3 aliphatic heterocycles. The summed E-state index contributed by atoms with van der Waals surface area (Å²) >= 11 is 0. The van der Waals surface area contributed by atoms with E-state index in [0.717, 1.165) is 6.42 Å². The van der Waals surface area contributed by atoms with E-state index in [1.165, 1.54) is 168 Å². The van der Waals surface area contributed by atoms with Gasteiger partial charge in [-0.3, -0.25) is 0 Å². The van der Waals surface area contributed by atoms with E-state index in [4.69, 9.17) is 0 Å². The van der Waals surface area contributed by atoms with Gasteiger partial charge < -0.3 is 14.7 Å². The lowest BCUT2D eigenvalue weighted by Crippen LogP contribution is -2.64. The second kappa shape index (κ2) is 17.2. The van der Waals surface area contributed by atoms with Crippen LogP contribution < -0.4 is 31.1 Å². The van der Waals surface area contributed by atoms with Gasteiger partial charge >= 0.3 is 0 Å². The highest BCUT2D eigenvalue weighted by Gasteiger charge is 2.62. The van der Waals surface area contributed by atoms with Crippen molar-refractivity contribution in [2.45, 2.75) is 199 Å². The van der Waals surface area contributed by atoms with Crippen LogP contribution in [0.1, 0.15) is 200 Å². The van der Waals surface area contributed by atoms with Gasteiger partial charge in [0.05, 0.1) is 5.54 Å². The number of nitrogens with zero attached hydrogens (tertiary/aromatic N) is 3. The van der Waals surface area contributed by atoms with Gasteiger partial charge in [-0.15, -0.1) is 0 Å². The molecule has 2 unspecified atom stereocenters. The summed E-state index contributed by atoms with van der Waals surface area (Å²) in [6, 6.07) is 61.2.